The highest BCUT2D eigenvalue weighted by Crippen LogP contribution is 2.31. The van der Waals surface area contributed by atoms with Gasteiger partial charge in [0.05, 0.1) is 11.9 Å². The first kappa shape index (κ1) is 11.5. The normalized spacial score (nSPS) is 21.2. The lowest BCUT2D eigenvalue weighted by Gasteiger charge is -2.39. The van der Waals surface area contributed by atoms with E-state index in [-0.39, 0.29) is 0 Å². The summed E-state index contributed by atoms with van der Waals surface area (Å²) in [5.74, 6) is 0. The molecule has 1 aromatic heterocycles. The average molecular weight is 221 g/mol. The average Bonchev–Trinajstić information content (AvgIpc) is 2.31. The summed E-state index contributed by atoms with van der Waals surface area (Å²) >= 11 is 0. The van der Waals surface area contributed by atoms with Gasteiger partial charge in [-0.2, -0.15) is 0 Å². The lowest BCUT2D eigenvalue weighted by molar-refractivity contribution is -0.0358. The summed E-state index contributed by atoms with van der Waals surface area (Å²) < 4.78 is 0. The fourth-order valence-electron chi connectivity index (χ4n) is 2.21. The third kappa shape index (κ3) is 2.23. The molecule has 0 aliphatic carbocycles. The van der Waals surface area contributed by atoms with Crippen molar-refractivity contribution < 1.29 is 5.11 Å². The lowest BCUT2D eigenvalue weighted by atomic mass is 9.88. The first-order chi connectivity index (χ1) is 7.62. The highest BCUT2D eigenvalue weighted by molar-refractivity contribution is 5.09. The van der Waals surface area contributed by atoms with Gasteiger partial charge in [-0.3, -0.25) is 9.97 Å². The highest BCUT2D eigenvalue weighted by atomic mass is 16.3. The lowest BCUT2D eigenvalue weighted by Crippen LogP contribution is -2.45. The molecular weight excluding hydrogens is 202 g/mol. The Balaban J connectivity index is 2.07. The van der Waals surface area contributed by atoms with E-state index in [1.807, 2.05) is 0 Å². The van der Waals surface area contributed by atoms with Gasteiger partial charge in [-0.15, -0.1) is 0 Å². The predicted molar refractivity (Wildman–Crippen MR) is 61.9 cm³/mol. The number of aliphatic hydroxyl groups is 1. The second kappa shape index (κ2) is 4.47. The van der Waals surface area contributed by atoms with E-state index in [4.69, 9.17) is 0 Å². The van der Waals surface area contributed by atoms with Gasteiger partial charge in [-0.1, -0.05) is 0 Å². The van der Waals surface area contributed by atoms with Crippen molar-refractivity contribution in [3.05, 3.63) is 24.3 Å². The molecule has 1 aromatic rings. The molecule has 0 bridgehead atoms. The van der Waals surface area contributed by atoms with Crippen LogP contribution in [0.2, 0.25) is 0 Å². The topological polar surface area (TPSA) is 49.2 Å². The maximum Gasteiger partial charge on any atom is 0.110 e. The van der Waals surface area contributed by atoms with Crippen LogP contribution in [0, 0.1) is 0 Å². The van der Waals surface area contributed by atoms with Crippen LogP contribution in [0.25, 0.3) is 0 Å². The molecule has 0 unspecified atom stereocenters. The Morgan fingerprint density at radius 2 is 2.00 bits per heavy atom. The van der Waals surface area contributed by atoms with Crippen LogP contribution in [0.4, 0.5) is 0 Å². The van der Waals surface area contributed by atoms with Crippen LogP contribution in [0.1, 0.15) is 32.4 Å². The van der Waals surface area contributed by atoms with E-state index >= 15 is 0 Å². The molecule has 4 nitrogen and oxygen atoms in total. The van der Waals surface area contributed by atoms with Crippen molar-refractivity contribution in [1.29, 1.82) is 0 Å². The maximum absolute atomic E-state index is 10.5. The number of aromatic nitrogens is 2. The van der Waals surface area contributed by atoms with Crippen molar-refractivity contribution >= 4 is 0 Å². The molecule has 0 aromatic carbocycles. The van der Waals surface area contributed by atoms with Crippen LogP contribution in [0.15, 0.2) is 18.6 Å². The SMILES string of the molecule is CC(C)N1CCC(O)(c2cnccn2)CC1. The van der Waals surface area contributed by atoms with E-state index < -0.39 is 5.60 Å². The van der Waals surface area contributed by atoms with Gasteiger partial charge in [0.25, 0.3) is 0 Å². The molecule has 0 atom stereocenters. The number of hydrogen-bond donors (Lipinski definition) is 1. The molecule has 1 N–H and O–H groups in total. The highest BCUT2D eigenvalue weighted by Gasteiger charge is 2.35. The van der Waals surface area contributed by atoms with Gasteiger partial charge in [0.15, 0.2) is 0 Å². The van der Waals surface area contributed by atoms with Gasteiger partial charge in [0, 0.05) is 31.5 Å². The van der Waals surface area contributed by atoms with Crippen molar-refractivity contribution in [3.8, 4) is 0 Å². The standard InChI is InChI=1S/C12H19N3O/c1-10(2)15-7-3-12(16,4-8-15)11-9-13-5-6-14-11/h5-6,9-10,16H,3-4,7-8H2,1-2H3. The van der Waals surface area contributed by atoms with Gasteiger partial charge in [0.2, 0.25) is 0 Å². The van der Waals surface area contributed by atoms with Crippen LogP contribution in [0.5, 0.6) is 0 Å². The molecule has 16 heavy (non-hydrogen) atoms. The van der Waals surface area contributed by atoms with Crippen molar-refractivity contribution in [2.45, 2.75) is 38.3 Å². The predicted octanol–water partition coefficient (Wildman–Crippen LogP) is 1.17. The zero-order valence-electron chi connectivity index (χ0n) is 9.93. The number of rotatable bonds is 2. The summed E-state index contributed by atoms with van der Waals surface area (Å²) in [5, 5.41) is 10.5. The third-order valence-electron chi connectivity index (χ3n) is 3.40. The molecule has 1 saturated heterocycles. The summed E-state index contributed by atoms with van der Waals surface area (Å²) in [6.07, 6.45) is 6.43. The molecule has 1 aliphatic rings. The smallest absolute Gasteiger partial charge is 0.110 e. The monoisotopic (exact) mass is 221 g/mol. The third-order valence-corrected chi connectivity index (χ3v) is 3.40. The summed E-state index contributed by atoms with van der Waals surface area (Å²) in [6.45, 7) is 6.22. The summed E-state index contributed by atoms with van der Waals surface area (Å²) in [7, 11) is 0. The Bertz CT molecular complexity index is 331. The molecule has 0 spiro atoms. The van der Waals surface area contributed by atoms with E-state index in [2.05, 4.69) is 28.7 Å². The minimum Gasteiger partial charge on any atom is -0.383 e. The zero-order chi connectivity index (χ0) is 11.6. The summed E-state index contributed by atoms with van der Waals surface area (Å²) in [6, 6.07) is 0.548. The summed E-state index contributed by atoms with van der Waals surface area (Å²) in [4.78, 5) is 10.6. The first-order valence-corrected chi connectivity index (χ1v) is 5.85. The van der Waals surface area contributed by atoms with Gasteiger partial charge in [-0.25, -0.2) is 0 Å². The maximum atomic E-state index is 10.5. The number of piperidine rings is 1. The largest absolute Gasteiger partial charge is 0.383 e. The van der Waals surface area contributed by atoms with Crippen LogP contribution in [-0.2, 0) is 5.60 Å². The molecule has 0 amide bonds. The minimum absolute atomic E-state index is 0.548. The Morgan fingerprint density at radius 1 is 1.31 bits per heavy atom. The number of likely N-dealkylation sites (tertiary alicyclic amines) is 1. The van der Waals surface area contributed by atoms with Crippen molar-refractivity contribution in [3.63, 3.8) is 0 Å². The van der Waals surface area contributed by atoms with Crippen molar-refractivity contribution in [2.75, 3.05) is 13.1 Å². The Labute approximate surface area is 96.3 Å². The molecule has 4 heteroatoms. The second-order valence-electron chi connectivity index (χ2n) is 4.75. The van der Waals surface area contributed by atoms with Crippen molar-refractivity contribution in [2.24, 2.45) is 0 Å². The molecule has 1 fully saturated rings. The Hall–Kier alpha value is -1.00. The van der Waals surface area contributed by atoms with Crippen LogP contribution >= 0.6 is 0 Å². The Morgan fingerprint density at radius 3 is 2.50 bits per heavy atom. The van der Waals surface area contributed by atoms with Crippen LogP contribution in [0.3, 0.4) is 0 Å². The van der Waals surface area contributed by atoms with E-state index in [0.717, 1.165) is 25.9 Å². The molecule has 2 heterocycles. The summed E-state index contributed by atoms with van der Waals surface area (Å²) in [5.41, 5.74) is -0.0713. The second-order valence-corrected chi connectivity index (χ2v) is 4.75. The van der Waals surface area contributed by atoms with Gasteiger partial charge in [-0.05, 0) is 26.7 Å². The van der Waals surface area contributed by atoms with Crippen LogP contribution in [-0.4, -0.2) is 39.1 Å². The van der Waals surface area contributed by atoms with Crippen molar-refractivity contribution in [1.82, 2.24) is 14.9 Å². The number of hydrogen-bond acceptors (Lipinski definition) is 4. The fraction of sp³-hybridized carbons (Fsp3) is 0.667. The van der Waals surface area contributed by atoms with Crippen LogP contribution < -0.4 is 0 Å². The van der Waals surface area contributed by atoms with E-state index in [1.54, 1.807) is 18.6 Å². The van der Waals surface area contributed by atoms with E-state index in [1.165, 1.54) is 0 Å². The Kier molecular flexibility index (Phi) is 3.21. The minimum atomic E-state index is -0.778. The molecule has 1 aliphatic heterocycles. The quantitative estimate of drug-likeness (QED) is 0.814. The molecular formula is C12H19N3O. The number of nitrogens with zero attached hydrogens (tertiary/aromatic N) is 3. The van der Waals surface area contributed by atoms with E-state index in [0.29, 0.717) is 11.7 Å². The fourth-order valence-corrected chi connectivity index (χ4v) is 2.21. The van der Waals surface area contributed by atoms with E-state index in [9.17, 15) is 5.11 Å². The zero-order valence-corrected chi connectivity index (χ0v) is 9.93. The van der Waals surface area contributed by atoms with Gasteiger partial charge >= 0.3 is 0 Å². The molecule has 0 saturated carbocycles. The molecule has 88 valence electrons. The molecule has 2 rings (SSSR count). The van der Waals surface area contributed by atoms with Gasteiger partial charge < -0.3 is 10.0 Å². The first-order valence-electron chi connectivity index (χ1n) is 5.85. The molecule has 0 radical (unpaired) electrons. The van der Waals surface area contributed by atoms with Gasteiger partial charge in [0.1, 0.15) is 5.60 Å².